The van der Waals surface area contributed by atoms with Crippen LogP contribution in [0.3, 0.4) is 0 Å². The fourth-order valence-corrected chi connectivity index (χ4v) is 2.40. The first-order chi connectivity index (χ1) is 9.06. The summed E-state index contributed by atoms with van der Waals surface area (Å²) < 4.78 is 1.96. The van der Waals surface area contributed by atoms with E-state index < -0.39 is 0 Å². The molecule has 2 heterocycles. The highest BCUT2D eigenvalue weighted by Gasteiger charge is 2.28. The summed E-state index contributed by atoms with van der Waals surface area (Å²) in [6.45, 7) is 3.73. The Bertz CT molecular complexity index is 620. The summed E-state index contributed by atoms with van der Waals surface area (Å²) in [7, 11) is 0. The third-order valence-electron chi connectivity index (χ3n) is 3.35. The summed E-state index contributed by atoms with van der Waals surface area (Å²) >= 11 is 6.01. The highest BCUT2D eigenvalue weighted by molar-refractivity contribution is 6.31. The number of amides is 1. The van der Waals surface area contributed by atoms with Crippen LogP contribution in [0.15, 0.2) is 12.3 Å². The number of anilines is 1. The molecule has 1 fully saturated rings. The van der Waals surface area contributed by atoms with Crippen LogP contribution in [0.2, 0.25) is 5.02 Å². The van der Waals surface area contributed by atoms with Crippen molar-refractivity contribution >= 4 is 23.2 Å². The van der Waals surface area contributed by atoms with Crippen molar-refractivity contribution < 1.29 is 4.79 Å². The lowest BCUT2D eigenvalue weighted by Crippen LogP contribution is -2.17. The third kappa shape index (κ3) is 2.26. The van der Waals surface area contributed by atoms with Crippen LogP contribution < -0.4 is 5.32 Å². The Morgan fingerprint density at radius 1 is 1.53 bits per heavy atom. The van der Waals surface area contributed by atoms with E-state index in [1.807, 2.05) is 24.6 Å². The normalized spacial score (nSPS) is 14.7. The minimum atomic E-state index is -0.147. The maximum absolute atomic E-state index is 12.4. The van der Waals surface area contributed by atoms with Crippen LogP contribution in [-0.2, 0) is 0 Å². The van der Waals surface area contributed by atoms with E-state index in [9.17, 15) is 4.79 Å². The van der Waals surface area contributed by atoms with E-state index in [-0.39, 0.29) is 5.91 Å². The van der Waals surface area contributed by atoms with Crippen LogP contribution >= 0.6 is 11.6 Å². The average molecular weight is 279 g/mol. The first-order valence-electron chi connectivity index (χ1n) is 6.26. The van der Waals surface area contributed by atoms with Gasteiger partial charge in [0.05, 0.1) is 22.1 Å². The van der Waals surface area contributed by atoms with Crippen molar-refractivity contribution in [3.8, 4) is 0 Å². The van der Waals surface area contributed by atoms with Crippen molar-refractivity contribution in [1.82, 2.24) is 14.8 Å². The Balaban J connectivity index is 1.88. The Hall–Kier alpha value is -1.75. The molecule has 0 radical (unpaired) electrons. The van der Waals surface area contributed by atoms with Crippen LogP contribution in [0.25, 0.3) is 0 Å². The fourth-order valence-electron chi connectivity index (χ4n) is 2.20. The van der Waals surface area contributed by atoms with Gasteiger partial charge in [0.2, 0.25) is 0 Å². The van der Waals surface area contributed by atoms with Crippen LogP contribution in [0.5, 0.6) is 0 Å². The summed E-state index contributed by atoms with van der Waals surface area (Å²) in [5.74, 6) is -0.147. The molecule has 0 atom stereocenters. The molecule has 1 aliphatic carbocycles. The maximum Gasteiger partial charge on any atom is 0.272 e. The topological polar surface area (TPSA) is 62.7 Å². The zero-order valence-electron chi connectivity index (χ0n) is 10.8. The highest BCUT2D eigenvalue weighted by Crippen LogP contribution is 2.37. The van der Waals surface area contributed by atoms with E-state index >= 15 is 0 Å². The Labute approximate surface area is 116 Å². The van der Waals surface area contributed by atoms with Crippen LogP contribution in [0, 0.1) is 13.8 Å². The summed E-state index contributed by atoms with van der Waals surface area (Å²) in [6, 6.07) is 2.12. The molecule has 5 nitrogen and oxygen atoms in total. The van der Waals surface area contributed by atoms with E-state index in [4.69, 9.17) is 11.6 Å². The SMILES string of the molecule is Cc1n[nH]c(C)c1NC(=O)c1cc(Cl)cn1C1CC1. The number of aryl methyl sites for hydroxylation is 2. The monoisotopic (exact) mass is 278 g/mol. The van der Waals surface area contributed by atoms with Gasteiger partial charge in [0.25, 0.3) is 5.91 Å². The smallest absolute Gasteiger partial charge is 0.272 e. The van der Waals surface area contributed by atoms with Crippen molar-refractivity contribution in [2.75, 3.05) is 5.32 Å². The molecule has 0 unspecified atom stereocenters. The molecule has 100 valence electrons. The largest absolute Gasteiger partial charge is 0.339 e. The maximum atomic E-state index is 12.4. The molecule has 0 spiro atoms. The zero-order valence-corrected chi connectivity index (χ0v) is 11.6. The second kappa shape index (κ2) is 4.42. The van der Waals surface area contributed by atoms with Crippen molar-refractivity contribution in [3.05, 3.63) is 34.4 Å². The quantitative estimate of drug-likeness (QED) is 0.906. The molecule has 0 bridgehead atoms. The number of aromatic nitrogens is 3. The number of H-pyrrole nitrogens is 1. The number of hydrogen-bond acceptors (Lipinski definition) is 2. The van der Waals surface area contributed by atoms with E-state index in [0.29, 0.717) is 16.8 Å². The number of aromatic amines is 1. The Morgan fingerprint density at radius 3 is 2.84 bits per heavy atom. The number of hydrogen-bond donors (Lipinski definition) is 2. The molecule has 1 amide bonds. The van der Waals surface area contributed by atoms with Crippen molar-refractivity contribution in [1.29, 1.82) is 0 Å². The number of halogens is 1. The second-order valence-corrected chi connectivity index (χ2v) is 5.38. The number of nitrogens with one attached hydrogen (secondary N) is 2. The summed E-state index contributed by atoms with van der Waals surface area (Å²) in [6.07, 6.45) is 4.04. The minimum Gasteiger partial charge on any atom is -0.339 e. The first kappa shape index (κ1) is 12.3. The van der Waals surface area contributed by atoms with Gasteiger partial charge in [-0.2, -0.15) is 5.10 Å². The third-order valence-corrected chi connectivity index (χ3v) is 3.56. The van der Waals surface area contributed by atoms with E-state index in [1.54, 1.807) is 6.07 Å². The molecule has 1 aliphatic rings. The highest BCUT2D eigenvalue weighted by atomic mass is 35.5. The van der Waals surface area contributed by atoms with Gasteiger partial charge in [-0.25, -0.2) is 0 Å². The summed E-state index contributed by atoms with van der Waals surface area (Å²) in [5.41, 5.74) is 2.97. The predicted octanol–water partition coefficient (Wildman–Crippen LogP) is 3.07. The molecule has 1 saturated carbocycles. The number of rotatable bonds is 3. The Kier molecular flexibility index (Phi) is 2.86. The standard InChI is InChI=1S/C13H15ClN4O/c1-7-12(8(2)17-16-7)15-13(19)11-5-9(14)6-18(11)10-3-4-10/h5-6,10H,3-4H2,1-2H3,(H,15,19)(H,16,17). The minimum absolute atomic E-state index is 0.147. The van der Waals surface area contributed by atoms with Crippen LogP contribution in [0.1, 0.15) is 40.8 Å². The lowest BCUT2D eigenvalue weighted by Gasteiger charge is -2.08. The van der Waals surface area contributed by atoms with Gasteiger partial charge in [0.1, 0.15) is 5.69 Å². The zero-order chi connectivity index (χ0) is 13.6. The molecular weight excluding hydrogens is 264 g/mol. The molecule has 2 aromatic rings. The van der Waals surface area contributed by atoms with Crippen molar-refractivity contribution in [2.45, 2.75) is 32.7 Å². The van der Waals surface area contributed by atoms with Gasteiger partial charge in [0.15, 0.2) is 0 Å². The van der Waals surface area contributed by atoms with Gasteiger partial charge < -0.3 is 9.88 Å². The second-order valence-electron chi connectivity index (χ2n) is 4.95. The molecule has 3 rings (SSSR count). The average Bonchev–Trinajstić information content (AvgIpc) is 3.08. The molecule has 6 heteroatoms. The van der Waals surface area contributed by atoms with Gasteiger partial charge in [-0.05, 0) is 32.8 Å². The van der Waals surface area contributed by atoms with Gasteiger partial charge in [-0.3, -0.25) is 9.89 Å². The van der Waals surface area contributed by atoms with Gasteiger partial charge in [-0.1, -0.05) is 11.6 Å². The van der Waals surface area contributed by atoms with Crippen molar-refractivity contribution in [2.24, 2.45) is 0 Å². The number of nitrogens with zero attached hydrogens (tertiary/aromatic N) is 2. The Morgan fingerprint density at radius 2 is 2.26 bits per heavy atom. The molecule has 0 aliphatic heterocycles. The first-order valence-corrected chi connectivity index (χ1v) is 6.64. The van der Waals surface area contributed by atoms with E-state index in [2.05, 4.69) is 15.5 Å². The summed E-state index contributed by atoms with van der Waals surface area (Å²) in [4.78, 5) is 12.4. The van der Waals surface area contributed by atoms with Crippen LogP contribution in [-0.4, -0.2) is 20.7 Å². The molecular formula is C13H15ClN4O. The molecule has 2 N–H and O–H groups in total. The molecule has 19 heavy (non-hydrogen) atoms. The molecule has 0 saturated heterocycles. The molecule has 2 aromatic heterocycles. The predicted molar refractivity (Wildman–Crippen MR) is 73.7 cm³/mol. The fraction of sp³-hybridized carbons (Fsp3) is 0.385. The van der Waals surface area contributed by atoms with Crippen LogP contribution in [0.4, 0.5) is 5.69 Å². The van der Waals surface area contributed by atoms with E-state index in [1.165, 1.54) is 0 Å². The summed E-state index contributed by atoms with van der Waals surface area (Å²) in [5, 5.41) is 10.4. The van der Waals surface area contributed by atoms with Crippen molar-refractivity contribution in [3.63, 3.8) is 0 Å². The number of carbonyl (C=O) groups is 1. The number of carbonyl (C=O) groups excluding carboxylic acids is 1. The lowest BCUT2D eigenvalue weighted by atomic mass is 10.3. The molecule has 0 aromatic carbocycles. The van der Waals surface area contributed by atoms with Gasteiger partial charge in [0, 0.05) is 12.2 Å². The van der Waals surface area contributed by atoms with E-state index in [0.717, 1.165) is 29.9 Å². The van der Waals surface area contributed by atoms with Gasteiger partial charge in [-0.15, -0.1) is 0 Å². The van der Waals surface area contributed by atoms with Gasteiger partial charge >= 0.3 is 0 Å². The lowest BCUT2D eigenvalue weighted by molar-refractivity contribution is 0.101.